The number of Topliss-reactive ketones (excluding diaryl/α,β-unsaturated/α-hetero) is 1. The number of allylic oxidation sites excluding steroid dienone is 1. The van der Waals surface area contributed by atoms with Crippen molar-refractivity contribution in [2.24, 2.45) is 5.92 Å². The summed E-state index contributed by atoms with van der Waals surface area (Å²) >= 11 is 0. The number of fused-ring (bicyclic) bond motifs is 2. The van der Waals surface area contributed by atoms with E-state index in [1.165, 1.54) is 6.42 Å². The quantitative estimate of drug-likeness (QED) is 0.570. The molecule has 0 spiro atoms. The van der Waals surface area contributed by atoms with Crippen LogP contribution < -0.4 is 0 Å². The van der Waals surface area contributed by atoms with Gasteiger partial charge in [-0.25, -0.2) is 0 Å². The largest absolute Gasteiger partial charge is 0.297 e. The van der Waals surface area contributed by atoms with Gasteiger partial charge in [-0.1, -0.05) is 18.6 Å². The van der Waals surface area contributed by atoms with Gasteiger partial charge in [0.1, 0.15) is 0 Å². The van der Waals surface area contributed by atoms with Crippen molar-refractivity contribution in [3.63, 3.8) is 0 Å². The molecule has 13 heavy (non-hydrogen) atoms. The maximum absolute atomic E-state index is 12.1. The van der Waals surface area contributed by atoms with Crippen molar-refractivity contribution in [3.05, 3.63) is 12.2 Å². The van der Waals surface area contributed by atoms with Gasteiger partial charge < -0.3 is 0 Å². The van der Waals surface area contributed by atoms with Crippen LogP contribution in [0, 0.1) is 5.92 Å². The summed E-state index contributed by atoms with van der Waals surface area (Å²) in [5.74, 6) is 0.663. The zero-order valence-corrected chi connectivity index (χ0v) is 8.42. The van der Waals surface area contributed by atoms with Crippen molar-refractivity contribution < 1.29 is 4.79 Å². The van der Waals surface area contributed by atoms with Crippen LogP contribution in [-0.2, 0) is 4.79 Å². The number of carbonyl (C=O) groups is 1. The van der Waals surface area contributed by atoms with Crippen LogP contribution in [0.5, 0.6) is 0 Å². The lowest BCUT2D eigenvalue weighted by Crippen LogP contribution is -2.56. The summed E-state index contributed by atoms with van der Waals surface area (Å²) in [4.78, 5) is 14.2. The van der Waals surface area contributed by atoms with E-state index < -0.39 is 0 Å². The molecule has 0 saturated heterocycles. The van der Waals surface area contributed by atoms with E-state index in [0.717, 1.165) is 19.3 Å². The van der Waals surface area contributed by atoms with E-state index in [-0.39, 0.29) is 11.5 Å². The number of hydrogen-bond donors (Lipinski definition) is 0. The Bertz CT molecular complexity index is 257. The van der Waals surface area contributed by atoms with Crippen LogP contribution in [-0.4, -0.2) is 30.3 Å². The number of likely N-dealkylation sites (N-methyl/N-ethyl adjacent to an activating group) is 1. The number of rotatable bonds is 1. The highest BCUT2D eigenvalue weighted by molar-refractivity contribution is 5.93. The second-order valence-electron chi connectivity index (χ2n) is 4.42. The molecule has 0 amide bonds. The molecule has 2 bridgehead atoms. The van der Waals surface area contributed by atoms with Crippen LogP contribution in [0.15, 0.2) is 12.2 Å². The van der Waals surface area contributed by atoms with E-state index in [9.17, 15) is 4.79 Å². The predicted octanol–water partition coefficient (Wildman–Crippen LogP) is 1.62. The minimum atomic E-state index is -0.155. The summed E-state index contributed by atoms with van der Waals surface area (Å²) in [5.41, 5.74) is -0.155. The first kappa shape index (κ1) is 8.95. The van der Waals surface area contributed by atoms with Crippen LogP contribution in [0.25, 0.3) is 0 Å². The van der Waals surface area contributed by atoms with Crippen molar-refractivity contribution in [1.82, 2.24) is 4.90 Å². The van der Waals surface area contributed by atoms with E-state index in [2.05, 4.69) is 17.1 Å². The van der Waals surface area contributed by atoms with Crippen LogP contribution in [0.2, 0.25) is 0 Å². The Balaban J connectivity index is 2.36. The first-order valence-corrected chi connectivity index (χ1v) is 5.05. The molecule has 0 aliphatic heterocycles. The van der Waals surface area contributed by atoms with E-state index in [1.54, 1.807) is 0 Å². The molecule has 0 radical (unpaired) electrons. The SMILES string of the molecule is CN(C)C12CC=CC(CCC1)C2=O. The molecular weight excluding hydrogens is 162 g/mol. The molecule has 2 aliphatic rings. The third-order valence-electron chi connectivity index (χ3n) is 3.58. The van der Waals surface area contributed by atoms with Gasteiger partial charge in [-0.3, -0.25) is 9.69 Å². The van der Waals surface area contributed by atoms with Crippen LogP contribution in [0.3, 0.4) is 0 Å². The molecule has 2 atom stereocenters. The van der Waals surface area contributed by atoms with Gasteiger partial charge in [0.05, 0.1) is 5.54 Å². The Morgan fingerprint density at radius 3 is 2.92 bits per heavy atom. The number of carbonyl (C=O) groups excluding carboxylic acids is 1. The van der Waals surface area contributed by atoms with Crippen LogP contribution in [0.4, 0.5) is 0 Å². The van der Waals surface area contributed by atoms with Gasteiger partial charge in [-0.05, 0) is 33.4 Å². The van der Waals surface area contributed by atoms with Gasteiger partial charge in [-0.15, -0.1) is 0 Å². The summed E-state index contributed by atoms with van der Waals surface area (Å²) in [6.45, 7) is 0. The van der Waals surface area contributed by atoms with Crippen molar-refractivity contribution in [2.45, 2.75) is 31.2 Å². The second kappa shape index (κ2) is 2.95. The topological polar surface area (TPSA) is 20.3 Å². The molecule has 2 heteroatoms. The fourth-order valence-corrected chi connectivity index (χ4v) is 2.65. The van der Waals surface area contributed by atoms with Crippen molar-refractivity contribution in [3.8, 4) is 0 Å². The molecule has 2 aliphatic carbocycles. The highest BCUT2D eigenvalue weighted by atomic mass is 16.1. The van der Waals surface area contributed by atoms with Gasteiger partial charge in [0.15, 0.2) is 5.78 Å². The fourth-order valence-electron chi connectivity index (χ4n) is 2.65. The lowest BCUT2D eigenvalue weighted by Gasteiger charge is -2.45. The van der Waals surface area contributed by atoms with Gasteiger partial charge in [0, 0.05) is 5.92 Å². The van der Waals surface area contributed by atoms with E-state index in [4.69, 9.17) is 0 Å². The summed E-state index contributed by atoms with van der Waals surface area (Å²) in [7, 11) is 4.05. The number of ketones is 1. The molecule has 1 saturated carbocycles. The summed E-state index contributed by atoms with van der Waals surface area (Å²) in [6, 6.07) is 0. The Morgan fingerprint density at radius 1 is 1.54 bits per heavy atom. The monoisotopic (exact) mass is 179 g/mol. The first-order valence-electron chi connectivity index (χ1n) is 5.05. The average molecular weight is 179 g/mol. The third kappa shape index (κ3) is 1.16. The van der Waals surface area contributed by atoms with E-state index in [1.807, 2.05) is 14.1 Å². The van der Waals surface area contributed by atoms with Crippen LogP contribution in [0.1, 0.15) is 25.7 Å². The fraction of sp³-hybridized carbons (Fsp3) is 0.727. The third-order valence-corrected chi connectivity index (χ3v) is 3.58. The van der Waals surface area contributed by atoms with Gasteiger partial charge in [0.25, 0.3) is 0 Å². The smallest absolute Gasteiger partial charge is 0.160 e. The average Bonchev–Trinajstić information content (AvgIpc) is 2.03. The lowest BCUT2D eigenvalue weighted by atomic mass is 9.69. The predicted molar refractivity (Wildman–Crippen MR) is 52.5 cm³/mol. The van der Waals surface area contributed by atoms with Crippen molar-refractivity contribution in [2.75, 3.05) is 14.1 Å². The maximum atomic E-state index is 12.1. The zero-order valence-electron chi connectivity index (χ0n) is 8.42. The van der Waals surface area contributed by atoms with Gasteiger partial charge in [0.2, 0.25) is 0 Å². The standard InChI is InChI=1S/C11H17NO/c1-12(2)11-7-3-5-9(10(11)13)6-4-8-11/h3,5,9H,4,6-8H2,1-2H3. The van der Waals surface area contributed by atoms with E-state index >= 15 is 0 Å². The lowest BCUT2D eigenvalue weighted by molar-refractivity contribution is -0.136. The summed E-state index contributed by atoms with van der Waals surface area (Å²) in [5, 5.41) is 0. The van der Waals surface area contributed by atoms with Crippen molar-refractivity contribution in [1.29, 1.82) is 0 Å². The first-order chi connectivity index (χ1) is 6.17. The molecule has 2 rings (SSSR count). The molecule has 2 unspecified atom stereocenters. The molecule has 72 valence electrons. The highest BCUT2D eigenvalue weighted by Crippen LogP contribution is 2.39. The molecule has 0 aromatic heterocycles. The van der Waals surface area contributed by atoms with Crippen molar-refractivity contribution >= 4 is 5.78 Å². The van der Waals surface area contributed by atoms with Gasteiger partial charge >= 0.3 is 0 Å². The Labute approximate surface area is 79.6 Å². The Kier molecular flexibility index (Phi) is 2.03. The molecular formula is C11H17NO. The zero-order chi connectivity index (χ0) is 9.47. The molecule has 2 nitrogen and oxygen atoms in total. The molecule has 0 aromatic rings. The normalized spacial score (nSPS) is 38.4. The number of nitrogens with zero attached hydrogens (tertiary/aromatic N) is 1. The Morgan fingerprint density at radius 2 is 2.31 bits per heavy atom. The summed E-state index contributed by atoms with van der Waals surface area (Å²) in [6.07, 6.45) is 8.49. The molecule has 1 fully saturated rings. The number of hydrogen-bond acceptors (Lipinski definition) is 2. The highest BCUT2D eigenvalue weighted by Gasteiger charge is 2.46. The molecule has 0 N–H and O–H groups in total. The Hall–Kier alpha value is -0.630. The molecule has 0 heterocycles. The minimum Gasteiger partial charge on any atom is -0.297 e. The van der Waals surface area contributed by atoms with Gasteiger partial charge in [-0.2, -0.15) is 0 Å². The second-order valence-corrected chi connectivity index (χ2v) is 4.42. The summed E-state index contributed by atoms with van der Waals surface area (Å²) < 4.78 is 0. The van der Waals surface area contributed by atoms with E-state index in [0.29, 0.717) is 5.78 Å². The van der Waals surface area contributed by atoms with Crippen LogP contribution >= 0.6 is 0 Å². The maximum Gasteiger partial charge on any atom is 0.160 e. The minimum absolute atomic E-state index is 0.155. The molecule has 0 aromatic carbocycles.